The van der Waals surface area contributed by atoms with Crippen LogP contribution in [0.5, 0.6) is 0 Å². The van der Waals surface area contributed by atoms with Crippen LogP contribution in [-0.4, -0.2) is 12.6 Å². The highest BCUT2D eigenvalue weighted by Crippen LogP contribution is 2.38. The maximum absolute atomic E-state index is 11.9. The molecule has 4 heteroatoms. The number of thiophene rings is 1. The van der Waals surface area contributed by atoms with E-state index in [4.69, 9.17) is 10.5 Å². The Balaban J connectivity index is 2.25. The Labute approximate surface area is 106 Å². The molecule has 94 valence electrons. The van der Waals surface area contributed by atoms with Crippen molar-refractivity contribution in [3.8, 4) is 0 Å². The molecule has 0 aliphatic heterocycles. The molecule has 3 nitrogen and oxygen atoms in total. The third kappa shape index (κ3) is 2.46. The molecular weight excluding hydrogens is 234 g/mol. The lowest BCUT2D eigenvalue weighted by Gasteiger charge is -2.18. The quantitative estimate of drug-likeness (QED) is 0.842. The fourth-order valence-electron chi connectivity index (χ4n) is 2.26. The van der Waals surface area contributed by atoms with Crippen LogP contribution in [0.2, 0.25) is 0 Å². The summed E-state index contributed by atoms with van der Waals surface area (Å²) in [5.41, 5.74) is 7.75. The summed E-state index contributed by atoms with van der Waals surface area (Å²) in [7, 11) is 0. The van der Waals surface area contributed by atoms with Gasteiger partial charge in [-0.15, -0.1) is 11.3 Å². The van der Waals surface area contributed by atoms with E-state index in [2.05, 4.69) is 6.92 Å². The molecule has 0 unspecified atom stereocenters. The first-order valence-corrected chi connectivity index (χ1v) is 7.02. The SMILES string of the molecule is CCCOC(=O)c1c(N)sc2c1CC[C@@H](C)C2. The second kappa shape index (κ2) is 5.08. The number of esters is 1. The van der Waals surface area contributed by atoms with Crippen LogP contribution in [0.15, 0.2) is 0 Å². The number of fused-ring (bicyclic) bond motifs is 1. The van der Waals surface area contributed by atoms with Gasteiger partial charge in [-0.2, -0.15) is 0 Å². The Bertz CT molecular complexity index is 425. The maximum Gasteiger partial charge on any atom is 0.341 e. The highest BCUT2D eigenvalue weighted by molar-refractivity contribution is 7.16. The Hall–Kier alpha value is -1.03. The average molecular weight is 253 g/mol. The van der Waals surface area contributed by atoms with Crippen molar-refractivity contribution in [2.45, 2.75) is 39.5 Å². The summed E-state index contributed by atoms with van der Waals surface area (Å²) in [4.78, 5) is 13.2. The van der Waals surface area contributed by atoms with E-state index in [1.54, 1.807) is 11.3 Å². The Morgan fingerprint density at radius 2 is 2.35 bits per heavy atom. The number of rotatable bonds is 3. The molecule has 0 saturated heterocycles. The van der Waals surface area contributed by atoms with Gasteiger partial charge in [0, 0.05) is 4.88 Å². The van der Waals surface area contributed by atoms with E-state index in [1.807, 2.05) is 6.92 Å². The van der Waals surface area contributed by atoms with Crippen molar-refractivity contribution >= 4 is 22.3 Å². The second-order valence-corrected chi connectivity index (χ2v) is 5.86. The van der Waals surface area contributed by atoms with E-state index >= 15 is 0 Å². The van der Waals surface area contributed by atoms with Gasteiger partial charge in [0.2, 0.25) is 0 Å². The van der Waals surface area contributed by atoms with Crippen LogP contribution < -0.4 is 5.73 Å². The van der Waals surface area contributed by atoms with Gasteiger partial charge in [0.05, 0.1) is 12.2 Å². The zero-order valence-electron chi connectivity index (χ0n) is 10.4. The standard InChI is InChI=1S/C13H19NO2S/c1-3-6-16-13(15)11-9-5-4-8(2)7-10(9)17-12(11)14/h8H,3-7,14H2,1-2H3/t8-/m1/s1. The van der Waals surface area contributed by atoms with Crippen LogP contribution in [0.3, 0.4) is 0 Å². The number of anilines is 1. The number of carbonyl (C=O) groups is 1. The van der Waals surface area contributed by atoms with Crippen molar-refractivity contribution in [2.24, 2.45) is 5.92 Å². The predicted molar refractivity (Wildman–Crippen MR) is 70.5 cm³/mol. The summed E-state index contributed by atoms with van der Waals surface area (Å²) in [5, 5.41) is 0.630. The van der Waals surface area contributed by atoms with E-state index in [0.717, 1.165) is 31.2 Å². The minimum absolute atomic E-state index is 0.239. The van der Waals surface area contributed by atoms with Crippen LogP contribution in [0.1, 0.15) is 47.5 Å². The molecule has 1 aromatic rings. The Morgan fingerprint density at radius 1 is 1.59 bits per heavy atom. The summed E-state index contributed by atoms with van der Waals surface area (Å²) in [5.74, 6) is 0.455. The molecule has 0 radical (unpaired) electrons. The summed E-state index contributed by atoms with van der Waals surface area (Å²) in [6.07, 6.45) is 3.98. The Morgan fingerprint density at radius 3 is 3.06 bits per heavy atom. The van der Waals surface area contributed by atoms with E-state index in [0.29, 0.717) is 23.1 Å². The lowest BCUT2D eigenvalue weighted by atomic mass is 9.88. The summed E-state index contributed by atoms with van der Waals surface area (Å²) >= 11 is 1.56. The normalized spacial score (nSPS) is 18.8. The number of nitrogen functional groups attached to an aromatic ring is 1. The van der Waals surface area contributed by atoms with Crippen LogP contribution in [-0.2, 0) is 17.6 Å². The van der Waals surface area contributed by atoms with E-state index in [9.17, 15) is 4.79 Å². The van der Waals surface area contributed by atoms with Crippen molar-refractivity contribution in [1.29, 1.82) is 0 Å². The largest absolute Gasteiger partial charge is 0.462 e. The van der Waals surface area contributed by atoms with Gasteiger partial charge in [0.15, 0.2) is 0 Å². The molecule has 1 heterocycles. The first kappa shape index (κ1) is 12.4. The van der Waals surface area contributed by atoms with Crippen molar-refractivity contribution in [1.82, 2.24) is 0 Å². The first-order valence-electron chi connectivity index (χ1n) is 6.20. The van der Waals surface area contributed by atoms with Gasteiger partial charge < -0.3 is 10.5 Å². The molecule has 2 N–H and O–H groups in total. The number of ether oxygens (including phenoxy) is 1. The fourth-order valence-corrected chi connectivity index (χ4v) is 3.53. The molecule has 2 rings (SSSR count). The Kier molecular flexibility index (Phi) is 3.72. The summed E-state index contributed by atoms with van der Waals surface area (Å²) in [6, 6.07) is 0. The number of nitrogens with two attached hydrogens (primary N) is 1. The molecule has 1 atom stereocenters. The van der Waals surface area contributed by atoms with Crippen molar-refractivity contribution in [3.63, 3.8) is 0 Å². The van der Waals surface area contributed by atoms with Gasteiger partial charge in [-0.05, 0) is 37.2 Å². The van der Waals surface area contributed by atoms with Crippen molar-refractivity contribution in [2.75, 3.05) is 12.3 Å². The molecular formula is C13H19NO2S. The van der Waals surface area contributed by atoms with Crippen LogP contribution in [0, 0.1) is 5.92 Å². The van der Waals surface area contributed by atoms with Crippen LogP contribution in [0.4, 0.5) is 5.00 Å². The minimum Gasteiger partial charge on any atom is -0.462 e. The topological polar surface area (TPSA) is 52.3 Å². The highest BCUT2D eigenvalue weighted by Gasteiger charge is 2.27. The van der Waals surface area contributed by atoms with Gasteiger partial charge in [-0.1, -0.05) is 13.8 Å². The third-order valence-corrected chi connectivity index (χ3v) is 4.26. The minimum atomic E-state index is -0.239. The summed E-state index contributed by atoms with van der Waals surface area (Å²) < 4.78 is 5.20. The molecule has 0 fully saturated rings. The summed E-state index contributed by atoms with van der Waals surface area (Å²) in [6.45, 7) is 4.70. The number of hydrogen-bond donors (Lipinski definition) is 1. The van der Waals surface area contributed by atoms with E-state index < -0.39 is 0 Å². The number of hydrogen-bond acceptors (Lipinski definition) is 4. The molecule has 1 aromatic heterocycles. The molecule has 1 aliphatic rings. The molecule has 0 bridgehead atoms. The zero-order valence-corrected chi connectivity index (χ0v) is 11.2. The lowest BCUT2D eigenvalue weighted by molar-refractivity contribution is 0.0505. The average Bonchev–Trinajstić information content (AvgIpc) is 2.61. The van der Waals surface area contributed by atoms with Crippen molar-refractivity contribution in [3.05, 3.63) is 16.0 Å². The van der Waals surface area contributed by atoms with Gasteiger partial charge in [0.25, 0.3) is 0 Å². The molecule has 0 saturated carbocycles. The van der Waals surface area contributed by atoms with E-state index in [1.165, 1.54) is 4.88 Å². The van der Waals surface area contributed by atoms with Gasteiger partial charge >= 0.3 is 5.97 Å². The van der Waals surface area contributed by atoms with Gasteiger partial charge in [0.1, 0.15) is 5.00 Å². The zero-order chi connectivity index (χ0) is 12.4. The van der Waals surface area contributed by atoms with Gasteiger partial charge in [-0.25, -0.2) is 4.79 Å². The van der Waals surface area contributed by atoms with Gasteiger partial charge in [-0.3, -0.25) is 0 Å². The second-order valence-electron chi connectivity index (χ2n) is 4.73. The predicted octanol–water partition coefficient (Wildman–Crippen LogP) is 3.02. The molecule has 0 amide bonds. The first-order chi connectivity index (χ1) is 8.13. The van der Waals surface area contributed by atoms with E-state index in [-0.39, 0.29) is 5.97 Å². The molecule has 1 aliphatic carbocycles. The lowest BCUT2D eigenvalue weighted by Crippen LogP contribution is -2.14. The highest BCUT2D eigenvalue weighted by atomic mass is 32.1. The number of carbonyl (C=O) groups excluding carboxylic acids is 1. The smallest absolute Gasteiger partial charge is 0.341 e. The molecule has 17 heavy (non-hydrogen) atoms. The van der Waals surface area contributed by atoms with Crippen LogP contribution in [0.25, 0.3) is 0 Å². The maximum atomic E-state index is 11.9. The fraction of sp³-hybridized carbons (Fsp3) is 0.615. The monoisotopic (exact) mass is 253 g/mol. The third-order valence-electron chi connectivity index (χ3n) is 3.18. The molecule has 0 spiro atoms. The molecule has 0 aromatic carbocycles. The van der Waals surface area contributed by atoms with Crippen molar-refractivity contribution < 1.29 is 9.53 Å². The van der Waals surface area contributed by atoms with Crippen LogP contribution >= 0.6 is 11.3 Å².